The van der Waals surface area contributed by atoms with Crippen LogP contribution in [0.3, 0.4) is 0 Å². The highest BCUT2D eigenvalue weighted by Crippen LogP contribution is 2.28. The lowest BCUT2D eigenvalue weighted by Gasteiger charge is -2.29. The molecule has 4 aromatic rings. The van der Waals surface area contributed by atoms with Crippen LogP contribution in [0.2, 0.25) is 0 Å². The molecule has 0 unspecified atom stereocenters. The maximum Gasteiger partial charge on any atom is 0.269 e. The van der Waals surface area contributed by atoms with Gasteiger partial charge in [-0.1, -0.05) is 12.1 Å². The Morgan fingerprint density at radius 2 is 1.93 bits per heavy atom. The van der Waals surface area contributed by atoms with Crippen molar-refractivity contribution in [1.29, 1.82) is 0 Å². The number of thiophene rings is 1. The number of nitrogens with zero attached hydrogens (tertiary/aromatic N) is 3. The van der Waals surface area contributed by atoms with Crippen LogP contribution in [0.4, 0.5) is 11.4 Å². The molecule has 2 aromatic carbocycles. The van der Waals surface area contributed by atoms with Crippen LogP contribution in [0.5, 0.6) is 0 Å². The van der Waals surface area contributed by atoms with E-state index in [4.69, 9.17) is 0 Å². The predicted molar refractivity (Wildman–Crippen MR) is 120 cm³/mol. The quantitative estimate of drug-likeness (QED) is 0.551. The summed E-state index contributed by atoms with van der Waals surface area (Å²) in [6, 6.07) is 17.4. The minimum Gasteiger partial charge on any atom is -0.367 e. The molecular formula is C23H20N4O2S. The molecule has 7 heteroatoms. The standard InChI is InChI=1S/C23H20N4O2S/c28-22(15-27-20-4-2-1-3-19(20)24-13-23(27)29)25-17-5-7-18(8-6-17)26-11-9-21-16(14-26)10-12-30-21/h1-8,10,12-13H,9,11,14-15H2,(H,25,28). The number of amides is 1. The molecule has 1 aliphatic heterocycles. The molecule has 1 N–H and O–H groups in total. The lowest BCUT2D eigenvalue weighted by Crippen LogP contribution is -2.29. The van der Waals surface area contributed by atoms with Crippen LogP contribution < -0.4 is 15.8 Å². The van der Waals surface area contributed by atoms with Crippen molar-refractivity contribution in [3.05, 3.63) is 87.0 Å². The Labute approximate surface area is 177 Å². The first-order chi connectivity index (χ1) is 14.7. The monoisotopic (exact) mass is 416 g/mol. The Balaban J connectivity index is 1.28. The normalized spacial score (nSPS) is 13.3. The zero-order chi connectivity index (χ0) is 20.5. The molecule has 0 fully saturated rings. The third-order valence-electron chi connectivity index (χ3n) is 5.38. The summed E-state index contributed by atoms with van der Waals surface area (Å²) in [5, 5.41) is 5.04. The van der Waals surface area contributed by atoms with Gasteiger partial charge in [0.25, 0.3) is 5.56 Å². The van der Waals surface area contributed by atoms with Crippen molar-refractivity contribution >= 4 is 39.7 Å². The van der Waals surface area contributed by atoms with E-state index in [0.717, 1.165) is 25.2 Å². The topological polar surface area (TPSA) is 67.2 Å². The first-order valence-corrected chi connectivity index (χ1v) is 10.7. The molecule has 3 heterocycles. The summed E-state index contributed by atoms with van der Waals surface area (Å²) in [6.07, 6.45) is 2.32. The maximum absolute atomic E-state index is 12.6. The molecule has 1 aliphatic rings. The third-order valence-corrected chi connectivity index (χ3v) is 6.40. The lowest BCUT2D eigenvalue weighted by molar-refractivity contribution is -0.116. The van der Waals surface area contributed by atoms with Crippen LogP contribution in [0, 0.1) is 0 Å². The summed E-state index contributed by atoms with van der Waals surface area (Å²) in [5.41, 5.74) is 4.29. The second-order valence-electron chi connectivity index (χ2n) is 7.31. The summed E-state index contributed by atoms with van der Waals surface area (Å²) >= 11 is 1.83. The Bertz CT molecular complexity index is 1280. The number of rotatable bonds is 4. The van der Waals surface area contributed by atoms with Gasteiger partial charge >= 0.3 is 0 Å². The molecular weight excluding hydrogens is 396 g/mol. The lowest BCUT2D eigenvalue weighted by atomic mass is 10.1. The van der Waals surface area contributed by atoms with E-state index in [1.54, 1.807) is 6.07 Å². The third kappa shape index (κ3) is 3.59. The molecule has 150 valence electrons. The van der Waals surface area contributed by atoms with E-state index in [-0.39, 0.29) is 18.0 Å². The molecule has 2 aromatic heterocycles. The second-order valence-corrected chi connectivity index (χ2v) is 8.31. The van der Waals surface area contributed by atoms with E-state index < -0.39 is 0 Å². The Morgan fingerprint density at radius 1 is 1.10 bits per heavy atom. The first kappa shape index (κ1) is 18.6. The molecule has 0 saturated heterocycles. The highest BCUT2D eigenvalue weighted by atomic mass is 32.1. The summed E-state index contributed by atoms with van der Waals surface area (Å²) in [6.45, 7) is 1.86. The number of carbonyl (C=O) groups is 1. The molecule has 30 heavy (non-hydrogen) atoms. The fraction of sp³-hybridized carbons (Fsp3) is 0.174. The number of nitrogens with one attached hydrogen (secondary N) is 1. The number of hydrogen-bond donors (Lipinski definition) is 1. The number of benzene rings is 2. The van der Waals surface area contributed by atoms with E-state index in [2.05, 4.69) is 26.6 Å². The van der Waals surface area contributed by atoms with E-state index >= 15 is 0 Å². The first-order valence-electron chi connectivity index (χ1n) is 9.82. The largest absolute Gasteiger partial charge is 0.367 e. The summed E-state index contributed by atoms with van der Waals surface area (Å²) < 4.78 is 1.44. The number of para-hydroxylation sites is 2. The van der Waals surface area contributed by atoms with Crippen LogP contribution in [0.25, 0.3) is 11.0 Å². The van der Waals surface area contributed by atoms with E-state index in [1.807, 2.05) is 53.8 Å². The van der Waals surface area contributed by atoms with Crippen LogP contribution in [0.15, 0.2) is 71.0 Å². The average molecular weight is 417 g/mol. The van der Waals surface area contributed by atoms with E-state index in [1.165, 1.54) is 21.2 Å². The number of aromatic nitrogens is 2. The molecule has 0 bridgehead atoms. The summed E-state index contributed by atoms with van der Waals surface area (Å²) in [7, 11) is 0. The van der Waals surface area contributed by atoms with Gasteiger partial charge < -0.3 is 10.2 Å². The van der Waals surface area contributed by atoms with Crippen LogP contribution in [-0.2, 0) is 24.3 Å². The van der Waals surface area contributed by atoms with Gasteiger partial charge in [-0.05, 0) is 59.8 Å². The Morgan fingerprint density at radius 3 is 2.80 bits per heavy atom. The van der Waals surface area contributed by atoms with Crippen LogP contribution in [0.1, 0.15) is 10.4 Å². The molecule has 0 radical (unpaired) electrons. The van der Waals surface area contributed by atoms with Gasteiger partial charge in [-0.2, -0.15) is 0 Å². The van der Waals surface area contributed by atoms with Crippen molar-refractivity contribution in [3.63, 3.8) is 0 Å². The molecule has 0 atom stereocenters. The number of hydrogen-bond acceptors (Lipinski definition) is 5. The van der Waals surface area contributed by atoms with Crippen molar-refractivity contribution < 1.29 is 4.79 Å². The Hall–Kier alpha value is -3.45. The zero-order valence-electron chi connectivity index (χ0n) is 16.2. The fourth-order valence-electron chi connectivity index (χ4n) is 3.85. The molecule has 6 nitrogen and oxygen atoms in total. The number of carbonyl (C=O) groups excluding carboxylic acids is 1. The maximum atomic E-state index is 12.6. The minimum atomic E-state index is -0.294. The fourth-order valence-corrected chi connectivity index (χ4v) is 4.74. The van der Waals surface area contributed by atoms with Crippen molar-refractivity contribution in [1.82, 2.24) is 9.55 Å². The smallest absolute Gasteiger partial charge is 0.269 e. The number of fused-ring (bicyclic) bond motifs is 2. The van der Waals surface area contributed by atoms with Crippen LogP contribution >= 0.6 is 11.3 Å². The zero-order valence-corrected chi connectivity index (χ0v) is 17.1. The van der Waals surface area contributed by atoms with Gasteiger partial charge in [-0.15, -0.1) is 11.3 Å². The van der Waals surface area contributed by atoms with E-state index in [9.17, 15) is 9.59 Å². The second kappa shape index (κ2) is 7.76. The SMILES string of the molecule is O=C(Cn1c(=O)cnc2ccccc21)Nc1ccc(N2CCc3sccc3C2)cc1. The van der Waals surface area contributed by atoms with Gasteiger partial charge in [-0.25, -0.2) is 4.98 Å². The Kier molecular flexibility index (Phi) is 4.80. The van der Waals surface area contributed by atoms with Crippen molar-refractivity contribution in [2.45, 2.75) is 19.5 Å². The van der Waals surface area contributed by atoms with Gasteiger partial charge in [-0.3, -0.25) is 14.2 Å². The van der Waals surface area contributed by atoms with Gasteiger partial charge in [0.1, 0.15) is 6.54 Å². The minimum absolute atomic E-state index is 0.0589. The van der Waals surface area contributed by atoms with Crippen molar-refractivity contribution in [2.24, 2.45) is 0 Å². The summed E-state index contributed by atoms with van der Waals surface area (Å²) in [4.78, 5) is 32.8. The van der Waals surface area contributed by atoms with Crippen LogP contribution in [-0.4, -0.2) is 22.0 Å². The predicted octanol–water partition coefficient (Wildman–Crippen LogP) is 3.66. The molecule has 0 aliphatic carbocycles. The summed E-state index contributed by atoms with van der Waals surface area (Å²) in [5.74, 6) is -0.248. The van der Waals surface area contributed by atoms with Crippen molar-refractivity contribution in [3.8, 4) is 0 Å². The number of anilines is 2. The van der Waals surface area contributed by atoms with Gasteiger partial charge in [0.05, 0.1) is 17.2 Å². The van der Waals surface area contributed by atoms with Gasteiger partial charge in [0, 0.05) is 29.3 Å². The molecule has 0 spiro atoms. The van der Waals surface area contributed by atoms with E-state index in [0.29, 0.717) is 16.7 Å². The molecule has 5 rings (SSSR count). The van der Waals surface area contributed by atoms with Crippen molar-refractivity contribution in [2.75, 3.05) is 16.8 Å². The highest BCUT2D eigenvalue weighted by Gasteiger charge is 2.17. The molecule has 0 saturated carbocycles. The highest BCUT2D eigenvalue weighted by molar-refractivity contribution is 7.10. The van der Waals surface area contributed by atoms with Gasteiger partial charge in [0.2, 0.25) is 5.91 Å². The molecule has 1 amide bonds. The van der Waals surface area contributed by atoms with Gasteiger partial charge in [0.15, 0.2) is 0 Å². The average Bonchev–Trinajstić information content (AvgIpc) is 3.24.